The van der Waals surface area contributed by atoms with Crippen LogP contribution in [0.15, 0.2) is 30.6 Å². The molecule has 0 saturated carbocycles. The van der Waals surface area contributed by atoms with Crippen LogP contribution < -0.4 is 0 Å². The molecule has 0 bridgehead atoms. The maximum atomic E-state index is 14.1. The van der Waals surface area contributed by atoms with Crippen LogP contribution in [-0.4, -0.2) is 25.8 Å². The summed E-state index contributed by atoms with van der Waals surface area (Å²) in [5.41, 5.74) is -0.878. The maximum Gasteiger partial charge on any atom is 0.339 e. The van der Waals surface area contributed by atoms with Crippen LogP contribution in [0.25, 0.3) is 10.9 Å². The molecule has 0 fully saturated rings. The zero-order valence-corrected chi connectivity index (χ0v) is 12.6. The molecule has 0 aliphatic heterocycles. The van der Waals surface area contributed by atoms with Gasteiger partial charge in [-0.15, -0.1) is 0 Å². The summed E-state index contributed by atoms with van der Waals surface area (Å²) in [6, 6.07) is 4.29. The Morgan fingerprint density at radius 2 is 2.08 bits per heavy atom. The lowest BCUT2D eigenvalue weighted by molar-refractivity contribution is 0.0684. The van der Waals surface area contributed by atoms with Gasteiger partial charge in [-0.2, -0.15) is 5.10 Å². The predicted molar refractivity (Wildman–Crippen MR) is 80.0 cm³/mol. The summed E-state index contributed by atoms with van der Waals surface area (Å²) in [5.74, 6) is -2.10. The average Bonchev–Trinajstić information content (AvgIpc) is 2.91. The Morgan fingerprint density at radius 3 is 2.71 bits per heavy atom. The number of carboxylic acid groups (broad SMARTS) is 1. The van der Waals surface area contributed by atoms with Crippen LogP contribution in [-0.2, 0) is 6.54 Å². The Labute approximate surface area is 138 Å². The van der Waals surface area contributed by atoms with Gasteiger partial charge in [0.05, 0.1) is 11.6 Å². The molecule has 0 saturated heterocycles. The van der Waals surface area contributed by atoms with E-state index < -0.39 is 29.5 Å². The van der Waals surface area contributed by atoms with Crippen molar-refractivity contribution in [2.75, 3.05) is 0 Å². The van der Waals surface area contributed by atoms with Crippen molar-refractivity contribution in [3.05, 3.63) is 58.3 Å². The number of aromatic carboxylic acids is 1. The highest BCUT2D eigenvalue weighted by Crippen LogP contribution is 2.24. The second-order valence-corrected chi connectivity index (χ2v) is 5.47. The molecule has 0 aliphatic rings. The third-order valence-corrected chi connectivity index (χ3v) is 3.54. The number of pyridine rings is 1. The SMILES string of the molecule is O=C(O)c1cn(Cc2cc(F)c3ncc(Cl)cc3c2)nc1C(F)F. The van der Waals surface area contributed by atoms with Gasteiger partial charge in [-0.3, -0.25) is 9.67 Å². The lowest BCUT2D eigenvalue weighted by atomic mass is 10.1. The molecular formula is C15H9ClF3N3O2. The number of aromatic nitrogens is 3. The highest BCUT2D eigenvalue weighted by molar-refractivity contribution is 6.31. The third kappa shape index (κ3) is 3.05. The largest absolute Gasteiger partial charge is 0.478 e. The van der Waals surface area contributed by atoms with Gasteiger partial charge >= 0.3 is 5.97 Å². The van der Waals surface area contributed by atoms with Crippen molar-refractivity contribution < 1.29 is 23.1 Å². The lowest BCUT2D eigenvalue weighted by Gasteiger charge is -2.06. The zero-order valence-electron chi connectivity index (χ0n) is 11.9. The van der Waals surface area contributed by atoms with E-state index in [-0.39, 0.29) is 12.1 Å². The molecule has 3 aromatic rings. The molecule has 3 rings (SSSR count). The van der Waals surface area contributed by atoms with Crippen LogP contribution >= 0.6 is 11.6 Å². The topological polar surface area (TPSA) is 68.0 Å². The molecule has 2 heterocycles. The van der Waals surface area contributed by atoms with Gasteiger partial charge in [0, 0.05) is 17.8 Å². The number of benzene rings is 1. The van der Waals surface area contributed by atoms with Crippen molar-refractivity contribution in [2.45, 2.75) is 13.0 Å². The molecule has 0 unspecified atom stereocenters. The normalized spacial score (nSPS) is 11.4. The molecule has 0 radical (unpaired) electrons. The number of nitrogens with zero attached hydrogens (tertiary/aromatic N) is 3. The molecule has 5 nitrogen and oxygen atoms in total. The summed E-state index contributed by atoms with van der Waals surface area (Å²) in [4.78, 5) is 14.9. The van der Waals surface area contributed by atoms with Gasteiger partial charge in [0.2, 0.25) is 0 Å². The minimum Gasteiger partial charge on any atom is -0.478 e. The first-order valence-electron chi connectivity index (χ1n) is 6.67. The summed E-state index contributed by atoms with van der Waals surface area (Å²) in [7, 11) is 0. The standard InChI is InChI=1S/C15H9ClF3N3O2/c16-9-3-8-1-7(2-11(17)12(8)20-4-9)5-22-6-10(15(23)24)13(21-22)14(18)19/h1-4,6,14H,5H2,(H,23,24). The second kappa shape index (κ2) is 6.12. The van der Waals surface area contributed by atoms with Crippen molar-refractivity contribution in [3.63, 3.8) is 0 Å². The van der Waals surface area contributed by atoms with Crippen molar-refractivity contribution in [1.29, 1.82) is 0 Å². The summed E-state index contributed by atoms with van der Waals surface area (Å²) >= 11 is 5.83. The molecular weight excluding hydrogens is 347 g/mol. The Kier molecular flexibility index (Phi) is 4.15. The van der Waals surface area contributed by atoms with Crippen molar-refractivity contribution in [3.8, 4) is 0 Å². The van der Waals surface area contributed by atoms with E-state index >= 15 is 0 Å². The lowest BCUT2D eigenvalue weighted by Crippen LogP contribution is -2.02. The quantitative estimate of drug-likeness (QED) is 0.770. The van der Waals surface area contributed by atoms with Crippen LogP contribution in [0.4, 0.5) is 13.2 Å². The highest BCUT2D eigenvalue weighted by Gasteiger charge is 2.23. The van der Waals surface area contributed by atoms with Gasteiger partial charge < -0.3 is 5.11 Å². The van der Waals surface area contributed by atoms with Crippen LogP contribution in [0.3, 0.4) is 0 Å². The fourth-order valence-corrected chi connectivity index (χ4v) is 2.52. The van der Waals surface area contributed by atoms with E-state index in [2.05, 4.69) is 10.1 Å². The number of hydrogen-bond acceptors (Lipinski definition) is 3. The van der Waals surface area contributed by atoms with Gasteiger partial charge in [-0.05, 0) is 23.8 Å². The summed E-state index contributed by atoms with van der Waals surface area (Å²) in [6.45, 7) is -0.0770. The van der Waals surface area contributed by atoms with E-state index in [4.69, 9.17) is 16.7 Å². The van der Waals surface area contributed by atoms with E-state index in [0.29, 0.717) is 16.0 Å². The number of alkyl halides is 2. The fraction of sp³-hybridized carbons (Fsp3) is 0.133. The first-order valence-corrected chi connectivity index (χ1v) is 7.05. The van der Waals surface area contributed by atoms with E-state index in [1.165, 1.54) is 18.3 Å². The van der Waals surface area contributed by atoms with Gasteiger partial charge in [0.1, 0.15) is 22.6 Å². The van der Waals surface area contributed by atoms with E-state index in [9.17, 15) is 18.0 Å². The number of rotatable bonds is 4. The van der Waals surface area contributed by atoms with Gasteiger partial charge in [-0.25, -0.2) is 18.0 Å². The minimum atomic E-state index is -3.02. The molecule has 0 aliphatic carbocycles. The molecule has 0 atom stereocenters. The zero-order chi connectivity index (χ0) is 17.4. The van der Waals surface area contributed by atoms with Crippen LogP contribution in [0.1, 0.15) is 28.0 Å². The van der Waals surface area contributed by atoms with Gasteiger partial charge in [-0.1, -0.05) is 11.6 Å². The fourth-order valence-electron chi connectivity index (χ4n) is 2.36. The predicted octanol–water partition coefficient (Wildman–Crippen LogP) is 3.91. The maximum absolute atomic E-state index is 14.1. The third-order valence-electron chi connectivity index (χ3n) is 3.33. The molecule has 0 spiro atoms. The number of carbonyl (C=O) groups is 1. The molecule has 24 heavy (non-hydrogen) atoms. The van der Waals surface area contributed by atoms with Gasteiger partial charge in [0.15, 0.2) is 0 Å². The average molecular weight is 356 g/mol. The van der Waals surface area contributed by atoms with Crippen LogP contribution in [0.5, 0.6) is 0 Å². The molecule has 2 aromatic heterocycles. The number of fused-ring (bicyclic) bond motifs is 1. The van der Waals surface area contributed by atoms with E-state index in [1.54, 1.807) is 6.07 Å². The Balaban J connectivity index is 2.01. The molecule has 9 heteroatoms. The highest BCUT2D eigenvalue weighted by atomic mass is 35.5. The van der Waals surface area contributed by atoms with E-state index in [0.717, 1.165) is 10.9 Å². The summed E-state index contributed by atoms with van der Waals surface area (Å²) in [5, 5.41) is 13.3. The smallest absolute Gasteiger partial charge is 0.339 e. The first kappa shape index (κ1) is 16.3. The van der Waals surface area contributed by atoms with Crippen LogP contribution in [0, 0.1) is 5.82 Å². The monoisotopic (exact) mass is 355 g/mol. The van der Waals surface area contributed by atoms with Crippen LogP contribution in [0.2, 0.25) is 5.02 Å². The minimum absolute atomic E-state index is 0.0770. The Bertz CT molecular complexity index is 943. The molecule has 0 amide bonds. The van der Waals surface area contributed by atoms with Crippen molar-refractivity contribution in [2.24, 2.45) is 0 Å². The van der Waals surface area contributed by atoms with E-state index in [1.807, 2.05) is 0 Å². The number of hydrogen-bond donors (Lipinski definition) is 1. The Morgan fingerprint density at radius 1 is 1.33 bits per heavy atom. The number of halogens is 4. The van der Waals surface area contributed by atoms with Crippen molar-refractivity contribution in [1.82, 2.24) is 14.8 Å². The Hall–Kier alpha value is -2.61. The number of carboxylic acids is 1. The van der Waals surface area contributed by atoms with Crippen molar-refractivity contribution >= 4 is 28.5 Å². The molecule has 1 aromatic carbocycles. The molecule has 124 valence electrons. The molecule has 1 N–H and O–H groups in total. The first-order chi connectivity index (χ1) is 11.3. The second-order valence-electron chi connectivity index (χ2n) is 5.03. The summed E-state index contributed by atoms with van der Waals surface area (Å²) in [6.07, 6.45) is -0.718. The van der Waals surface area contributed by atoms with Gasteiger partial charge in [0.25, 0.3) is 6.43 Å². The summed E-state index contributed by atoms with van der Waals surface area (Å²) < 4.78 is 40.8.